The summed E-state index contributed by atoms with van der Waals surface area (Å²) < 4.78 is 22.3. The number of carbonyl (C=O) groups excluding carboxylic acids is 1. The van der Waals surface area contributed by atoms with Crippen molar-refractivity contribution in [3.8, 4) is 0 Å². The Bertz CT molecular complexity index is 296. The molecule has 1 aliphatic rings. The summed E-state index contributed by atoms with van der Waals surface area (Å²) in [5.74, 6) is -0.198. The van der Waals surface area contributed by atoms with E-state index in [9.17, 15) is 13.2 Å². The lowest BCUT2D eigenvalue weighted by atomic mass is 10.3. The Hall–Kier alpha value is -0.380. The van der Waals surface area contributed by atoms with Crippen LogP contribution < -0.4 is 0 Å². The van der Waals surface area contributed by atoms with E-state index < -0.39 is 19.8 Å². The van der Waals surface area contributed by atoms with E-state index in [2.05, 4.69) is 0 Å². The molecule has 0 aromatic heterocycles. The fourth-order valence-electron chi connectivity index (χ4n) is 1.40. The average molecular weight is 190 g/mol. The Morgan fingerprint density at radius 2 is 1.75 bits per heavy atom. The summed E-state index contributed by atoms with van der Waals surface area (Å²) in [6.07, 6.45) is 1.03. The second kappa shape index (κ2) is 2.55. The van der Waals surface area contributed by atoms with Crippen LogP contribution in [0.25, 0.3) is 0 Å². The highest BCUT2D eigenvalue weighted by Crippen LogP contribution is 2.46. The summed E-state index contributed by atoms with van der Waals surface area (Å²) >= 11 is 0. The molecule has 1 fully saturated rings. The number of rotatable bonds is 3. The number of hydrogen-bond donors (Lipinski definition) is 0. The van der Waals surface area contributed by atoms with Gasteiger partial charge in [-0.3, -0.25) is 4.79 Å². The van der Waals surface area contributed by atoms with E-state index in [1.807, 2.05) is 0 Å². The van der Waals surface area contributed by atoms with E-state index in [0.29, 0.717) is 12.8 Å². The standard InChI is InChI=1S/C8H14O3S/c1-6(2)12(10,11)8(4-5-8)7(3)9/h6H,4-5H2,1-3H3. The molecule has 0 unspecified atom stereocenters. The van der Waals surface area contributed by atoms with Gasteiger partial charge in [0.05, 0.1) is 5.25 Å². The van der Waals surface area contributed by atoms with Crippen LogP contribution in [0.5, 0.6) is 0 Å². The molecule has 4 heteroatoms. The second-order valence-corrected chi connectivity index (χ2v) is 6.46. The lowest BCUT2D eigenvalue weighted by Gasteiger charge is -2.15. The van der Waals surface area contributed by atoms with Gasteiger partial charge in [0, 0.05) is 0 Å². The molecular formula is C8H14O3S. The molecule has 3 nitrogen and oxygen atoms in total. The molecule has 0 aromatic rings. The van der Waals surface area contributed by atoms with Gasteiger partial charge < -0.3 is 0 Å². The fraction of sp³-hybridized carbons (Fsp3) is 0.875. The smallest absolute Gasteiger partial charge is 0.165 e. The first-order chi connectivity index (χ1) is 5.34. The molecule has 0 radical (unpaired) electrons. The molecule has 0 heterocycles. The number of sulfone groups is 1. The minimum absolute atomic E-state index is 0.198. The van der Waals surface area contributed by atoms with Crippen molar-refractivity contribution < 1.29 is 13.2 Å². The SMILES string of the molecule is CC(=O)C1(S(=O)(=O)C(C)C)CC1. The first-order valence-corrected chi connectivity index (χ1v) is 5.64. The predicted octanol–water partition coefficient (Wildman–Crippen LogP) is 0.931. The molecule has 0 aromatic carbocycles. The van der Waals surface area contributed by atoms with Gasteiger partial charge >= 0.3 is 0 Å². The molecule has 1 saturated carbocycles. The average Bonchev–Trinajstić information content (AvgIpc) is 2.64. The summed E-state index contributed by atoms with van der Waals surface area (Å²) in [7, 11) is -3.21. The summed E-state index contributed by atoms with van der Waals surface area (Å²) in [5, 5.41) is -0.441. The molecule has 0 saturated heterocycles. The van der Waals surface area contributed by atoms with Crippen LogP contribution in [0.1, 0.15) is 33.6 Å². The maximum atomic E-state index is 11.6. The third-order valence-corrected chi connectivity index (χ3v) is 5.54. The largest absolute Gasteiger partial charge is 0.298 e. The molecule has 12 heavy (non-hydrogen) atoms. The molecular weight excluding hydrogens is 176 g/mol. The minimum atomic E-state index is -3.21. The Labute approximate surface area is 73.1 Å². The highest BCUT2D eigenvalue weighted by Gasteiger charge is 2.59. The molecule has 0 spiro atoms. The molecule has 0 N–H and O–H groups in total. The van der Waals surface area contributed by atoms with Crippen molar-refractivity contribution in [1.82, 2.24) is 0 Å². The Balaban J connectivity index is 3.06. The Kier molecular flexibility index (Phi) is 2.07. The quantitative estimate of drug-likeness (QED) is 0.665. The van der Waals surface area contributed by atoms with Crippen LogP contribution in [0.15, 0.2) is 0 Å². The van der Waals surface area contributed by atoms with Crippen LogP contribution in [0.3, 0.4) is 0 Å². The summed E-state index contributed by atoms with van der Waals surface area (Å²) in [5.41, 5.74) is 0. The van der Waals surface area contributed by atoms with Gasteiger partial charge in [-0.25, -0.2) is 8.42 Å². The zero-order chi connectivity index (χ0) is 9.57. The molecule has 0 amide bonds. The zero-order valence-corrected chi connectivity index (χ0v) is 8.44. The van der Waals surface area contributed by atoms with E-state index in [-0.39, 0.29) is 5.78 Å². The minimum Gasteiger partial charge on any atom is -0.298 e. The fourth-order valence-corrected chi connectivity index (χ4v) is 3.38. The predicted molar refractivity (Wildman–Crippen MR) is 46.7 cm³/mol. The summed E-state index contributed by atoms with van der Waals surface area (Å²) in [6, 6.07) is 0. The van der Waals surface area contributed by atoms with Crippen molar-refractivity contribution in [2.45, 2.75) is 43.6 Å². The van der Waals surface area contributed by atoms with Gasteiger partial charge in [0.25, 0.3) is 0 Å². The number of Topliss-reactive ketones (excluding diaryl/α,β-unsaturated/α-hetero) is 1. The van der Waals surface area contributed by atoms with E-state index in [4.69, 9.17) is 0 Å². The Morgan fingerprint density at radius 3 is 1.83 bits per heavy atom. The van der Waals surface area contributed by atoms with E-state index >= 15 is 0 Å². The number of ketones is 1. The number of carbonyl (C=O) groups is 1. The Morgan fingerprint density at radius 1 is 1.33 bits per heavy atom. The normalized spacial score (nSPS) is 21.0. The van der Waals surface area contributed by atoms with Crippen molar-refractivity contribution in [3.05, 3.63) is 0 Å². The van der Waals surface area contributed by atoms with Crippen LogP contribution in [-0.2, 0) is 14.6 Å². The van der Waals surface area contributed by atoms with E-state index in [1.165, 1.54) is 6.92 Å². The molecule has 70 valence electrons. The van der Waals surface area contributed by atoms with Gasteiger partial charge in [-0.2, -0.15) is 0 Å². The van der Waals surface area contributed by atoms with Crippen LogP contribution in [0.4, 0.5) is 0 Å². The first kappa shape index (κ1) is 9.71. The molecule has 1 rings (SSSR count). The maximum absolute atomic E-state index is 11.6. The summed E-state index contributed by atoms with van der Waals surface area (Å²) in [6.45, 7) is 4.61. The number of hydrogen-bond acceptors (Lipinski definition) is 3. The van der Waals surface area contributed by atoms with Gasteiger partial charge in [0.15, 0.2) is 15.6 Å². The lowest BCUT2D eigenvalue weighted by Crippen LogP contribution is -2.36. The highest BCUT2D eigenvalue weighted by atomic mass is 32.2. The molecule has 0 bridgehead atoms. The van der Waals surface area contributed by atoms with Crippen molar-refractivity contribution in [3.63, 3.8) is 0 Å². The van der Waals surface area contributed by atoms with Crippen LogP contribution >= 0.6 is 0 Å². The van der Waals surface area contributed by atoms with Gasteiger partial charge in [-0.05, 0) is 33.6 Å². The van der Waals surface area contributed by atoms with E-state index in [0.717, 1.165) is 0 Å². The maximum Gasteiger partial charge on any atom is 0.165 e. The van der Waals surface area contributed by atoms with E-state index in [1.54, 1.807) is 13.8 Å². The van der Waals surface area contributed by atoms with Crippen LogP contribution in [-0.4, -0.2) is 24.2 Å². The molecule has 1 aliphatic carbocycles. The third kappa shape index (κ3) is 1.09. The lowest BCUT2D eigenvalue weighted by molar-refractivity contribution is -0.117. The van der Waals surface area contributed by atoms with Crippen molar-refractivity contribution in [2.75, 3.05) is 0 Å². The van der Waals surface area contributed by atoms with Crippen LogP contribution in [0, 0.1) is 0 Å². The third-order valence-electron chi connectivity index (χ3n) is 2.51. The van der Waals surface area contributed by atoms with Gasteiger partial charge in [-0.15, -0.1) is 0 Å². The van der Waals surface area contributed by atoms with Gasteiger partial charge in [-0.1, -0.05) is 0 Å². The zero-order valence-electron chi connectivity index (χ0n) is 7.62. The highest BCUT2D eigenvalue weighted by molar-refractivity contribution is 7.94. The topological polar surface area (TPSA) is 51.2 Å². The molecule has 0 atom stereocenters. The van der Waals surface area contributed by atoms with Crippen molar-refractivity contribution in [1.29, 1.82) is 0 Å². The van der Waals surface area contributed by atoms with Crippen molar-refractivity contribution in [2.24, 2.45) is 0 Å². The van der Waals surface area contributed by atoms with Gasteiger partial charge in [0.2, 0.25) is 0 Å². The summed E-state index contributed by atoms with van der Waals surface area (Å²) in [4.78, 5) is 11.1. The molecule has 0 aliphatic heterocycles. The van der Waals surface area contributed by atoms with Crippen molar-refractivity contribution >= 4 is 15.6 Å². The van der Waals surface area contributed by atoms with Crippen LogP contribution in [0.2, 0.25) is 0 Å². The first-order valence-electron chi connectivity index (χ1n) is 4.09. The second-order valence-electron chi connectivity index (χ2n) is 3.64. The van der Waals surface area contributed by atoms with Gasteiger partial charge in [0.1, 0.15) is 4.75 Å². The monoisotopic (exact) mass is 190 g/mol.